The summed E-state index contributed by atoms with van der Waals surface area (Å²) >= 11 is 3.48. The largest absolute Gasteiger partial charge is 0.396 e. The molecule has 19 heavy (non-hydrogen) atoms. The molecule has 0 aliphatic heterocycles. The molecule has 1 aromatic carbocycles. The fourth-order valence-corrected chi connectivity index (χ4v) is 3.37. The fourth-order valence-electron chi connectivity index (χ4n) is 3.11. The molecule has 0 spiro atoms. The molecule has 1 aliphatic rings. The van der Waals surface area contributed by atoms with Gasteiger partial charge < -0.3 is 10.4 Å². The van der Waals surface area contributed by atoms with E-state index in [-0.39, 0.29) is 0 Å². The van der Waals surface area contributed by atoms with Crippen molar-refractivity contribution in [3.63, 3.8) is 0 Å². The van der Waals surface area contributed by atoms with Crippen LogP contribution in [0.2, 0.25) is 0 Å². The zero-order chi connectivity index (χ0) is 13.7. The fraction of sp³-hybridized carbons (Fsp3) is 0.625. The molecule has 0 aromatic heterocycles. The summed E-state index contributed by atoms with van der Waals surface area (Å²) in [5.74, 6) is 1.16. The van der Waals surface area contributed by atoms with E-state index >= 15 is 0 Å². The molecule has 0 bridgehead atoms. The molecule has 106 valence electrons. The Kier molecular flexibility index (Phi) is 5.86. The first-order valence-corrected chi connectivity index (χ1v) is 8.13. The van der Waals surface area contributed by atoms with Gasteiger partial charge in [-0.05, 0) is 55.3 Å². The van der Waals surface area contributed by atoms with Crippen molar-refractivity contribution in [2.45, 2.75) is 38.6 Å². The van der Waals surface area contributed by atoms with E-state index in [1.165, 1.54) is 24.8 Å². The maximum absolute atomic E-state index is 9.37. The summed E-state index contributed by atoms with van der Waals surface area (Å²) < 4.78 is 1.13. The number of aliphatic hydroxyl groups excluding tert-OH is 1. The normalized spacial score (nSPS) is 24.6. The lowest BCUT2D eigenvalue weighted by molar-refractivity contribution is 0.190. The smallest absolute Gasteiger partial charge is 0.0462 e. The predicted octanol–water partition coefficient (Wildman–Crippen LogP) is 3.90. The predicted molar refractivity (Wildman–Crippen MR) is 83.1 cm³/mol. The summed E-state index contributed by atoms with van der Waals surface area (Å²) in [5.41, 5.74) is 1.35. The lowest BCUT2D eigenvalue weighted by atomic mass is 9.96. The van der Waals surface area contributed by atoms with E-state index < -0.39 is 0 Å². The van der Waals surface area contributed by atoms with E-state index in [4.69, 9.17) is 0 Å². The number of hydrogen-bond acceptors (Lipinski definition) is 2. The van der Waals surface area contributed by atoms with Gasteiger partial charge in [-0.25, -0.2) is 0 Å². The van der Waals surface area contributed by atoms with Gasteiger partial charge in [0, 0.05) is 17.1 Å². The lowest BCUT2D eigenvalue weighted by Gasteiger charge is -2.23. The average Bonchev–Trinajstić information content (AvgIpc) is 2.89. The summed E-state index contributed by atoms with van der Waals surface area (Å²) in [6.45, 7) is 3.60. The minimum Gasteiger partial charge on any atom is -0.396 e. The molecule has 0 radical (unpaired) electrons. The van der Waals surface area contributed by atoms with Crippen molar-refractivity contribution >= 4 is 15.9 Å². The topological polar surface area (TPSA) is 32.3 Å². The second-order valence-electron chi connectivity index (χ2n) is 5.55. The Morgan fingerprint density at radius 1 is 1.26 bits per heavy atom. The van der Waals surface area contributed by atoms with Crippen LogP contribution in [0.5, 0.6) is 0 Å². The Balaban J connectivity index is 1.90. The molecule has 2 rings (SSSR count). The number of rotatable bonds is 6. The molecule has 1 aliphatic carbocycles. The zero-order valence-corrected chi connectivity index (χ0v) is 13.2. The lowest BCUT2D eigenvalue weighted by Crippen LogP contribution is -2.29. The zero-order valence-electron chi connectivity index (χ0n) is 11.6. The van der Waals surface area contributed by atoms with Crippen LogP contribution in [0.15, 0.2) is 28.7 Å². The molecule has 2 nitrogen and oxygen atoms in total. The maximum Gasteiger partial charge on any atom is 0.0462 e. The molecule has 0 amide bonds. The highest BCUT2D eigenvalue weighted by atomic mass is 79.9. The van der Waals surface area contributed by atoms with Crippen molar-refractivity contribution in [1.82, 2.24) is 5.32 Å². The van der Waals surface area contributed by atoms with Gasteiger partial charge in [0.2, 0.25) is 0 Å². The van der Waals surface area contributed by atoms with Gasteiger partial charge in [0.15, 0.2) is 0 Å². The molecule has 0 saturated heterocycles. The number of aliphatic hydroxyl groups is 1. The van der Waals surface area contributed by atoms with Crippen LogP contribution in [0.25, 0.3) is 0 Å². The first-order chi connectivity index (χ1) is 9.24. The Labute approximate surface area is 124 Å². The van der Waals surface area contributed by atoms with E-state index in [1.807, 2.05) is 0 Å². The Hall–Kier alpha value is -0.380. The second kappa shape index (κ2) is 7.41. The summed E-state index contributed by atoms with van der Waals surface area (Å²) in [6, 6.07) is 9.00. The molecule has 3 atom stereocenters. The molecule has 3 heteroatoms. The van der Waals surface area contributed by atoms with Gasteiger partial charge in [-0.15, -0.1) is 0 Å². The quantitative estimate of drug-likeness (QED) is 0.831. The molecular formula is C16H24BrNO. The third kappa shape index (κ3) is 4.04. The van der Waals surface area contributed by atoms with Crippen LogP contribution in [0.1, 0.15) is 44.2 Å². The summed E-state index contributed by atoms with van der Waals surface area (Å²) in [4.78, 5) is 0. The van der Waals surface area contributed by atoms with Crippen molar-refractivity contribution in [2.75, 3.05) is 13.2 Å². The molecular weight excluding hydrogens is 302 g/mol. The highest BCUT2D eigenvalue weighted by Crippen LogP contribution is 2.31. The molecule has 1 fully saturated rings. The van der Waals surface area contributed by atoms with Crippen molar-refractivity contribution < 1.29 is 5.11 Å². The standard InChI is InChI=1S/C16H24BrNO/c1-2-16(12-6-8-15(17)9-7-12)18-10-13-4-3-5-14(13)11-19/h6-9,13-14,16,18-19H,2-5,10-11H2,1H3. The van der Waals surface area contributed by atoms with E-state index in [9.17, 15) is 5.11 Å². The van der Waals surface area contributed by atoms with Gasteiger partial charge in [-0.3, -0.25) is 0 Å². The van der Waals surface area contributed by atoms with Gasteiger partial charge in [0.05, 0.1) is 0 Å². The molecule has 0 heterocycles. The molecule has 1 aromatic rings. The van der Waals surface area contributed by atoms with Crippen LogP contribution >= 0.6 is 15.9 Å². The number of hydrogen-bond donors (Lipinski definition) is 2. The Morgan fingerprint density at radius 3 is 2.58 bits per heavy atom. The molecule has 2 N–H and O–H groups in total. The van der Waals surface area contributed by atoms with Crippen LogP contribution < -0.4 is 5.32 Å². The SMILES string of the molecule is CCC(NCC1CCCC1CO)c1ccc(Br)cc1. The monoisotopic (exact) mass is 325 g/mol. The van der Waals surface area contributed by atoms with E-state index in [2.05, 4.69) is 52.4 Å². The van der Waals surface area contributed by atoms with Gasteiger partial charge >= 0.3 is 0 Å². The third-order valence-electron chi connectivity index (χ3n) is 4.36. The van der Waals surface area contributed by atoms with Crippen molar-refractivity contribution in [1.29, 1.82) is 0 Å². The average molecular weight is 326 g/mol. The maximum atomic E-state index is 9.37. The first kappa shape index (κ1) is 15.0. The van der Waals surface area contributed by atoms with Crippen molar-refractivity contribution in [3.05, 3.63) is 34.3 Å². The second-order valence-corrected chi connectivity index (χ2v) is 6.47. The number of nitrogens with one attached hydrogen (secondary N) is 1. The van der Waals surface area contributed by atoms with Gasteiger partial charge in [-0.1, -0.05) is 41.4 Å². The Bertz CT molecular complexity index is 379. The molecule has 3 unspecified atom stereocenters. The van der Waals surface area contributed by atoms with Crippen LogP contribution in [0, 0.1) is 11.8 Å². The van der Waals surface area contributed by atoms with Crippen LogP contribution in [0.3, 0.4) is 0 Å². The highest BCUT2D eigenvalue weighted by Gasteiger charge is 2.26. The van der Waals surface area contributed by atoms with E-state index in [1.54, 1.807) is 0 Å². The van der Waals surface area contributed by atoms with Crippen molar-refractivity contribution in [2.24, 2.45) is 11.8 Å². The van der Waals surface area contributed by atoms with Crippen LogP contribution in [-0.2, 0) is 0 Å². The van der Waals surface area contributed by atoms with Crippen molar-refractivity contribution in [3.8, 4) is 0 Å². The highest BCUT2D eigenvalue weighted by molar-refractivity contribution is 9.10. The molecule has 1 saturated carbocycles. The van der Waals surface area contributed by atoms with Crippen LogP contribution in [-0.4, -0.2) is 18.3 Å². The van der Waals surface area contributed by atoms with Gasteiger partial charge in [-0.2, -0.15) is 0 Å². The van der Waals surface area contributed by atoms with Crippen LogP contribution in [0.4, 0.5) is 0 Å². The van der Waals surface area contributed by atoms with Gasteiger partial charge in [0.1, 0.15) is 0 Å². The number of halogens is 1. The Morgan fingerprint density at radius 2 is 1.95 bits per heavy atom. The summed E-state index contributed by atoms with van der Waals surface area (Å²) in [7, 11) is 0. The first-order valence-electron chi connectivity index (χ1n) is 7.34. The number of benzene rings is 1. The summed E-state index contributed by atoms with van der Waals surface area (Å²) in [6.07, 6.45) is 4.82. The minimum absolute atomic E-state index is 0.349. The van der Waals surface area contributed by atoms with E-state index in [0.29, 0.717) is 24.5 Å². The van der Waals surface area contributed by atoms with E-state index in [0.717, 1.165) is 17.4 Å². The minimum atomic E-state index is 0.349. The summed E-state index contributed by atoms with van der Waals surface area (Å²) in [5, 5.41) is 13.1. The third-order valence-corrected chi connectivity index (χ3v) is 4.89. The van der Waals surface area contributed by atoms with Gasteiger partial charge in [0.25, 0.3) is 0 Å².